The molecule has 1 aromatic heterocycles. The third-order valence-corrected chi connectivity index (χ3v) is 18.6. The number of nitrogens with one attached hydrogen (secondary N) is 2. The first-order chi connectivity index (χ1) is 40.3. The number of aliphatic carboxylic acids is 1. The maximum atomic E-state index is 13.8. The first-order valence-corrected chi connectivity index (χ1v) is 33.0. The quantitative estimate of drug-likeness (QED) is 0.0420. The molecule has 0 bridgehead atoms. The highest BCUT2D eigenvalue weighted by atomic mass is 32.2. The lowest BCUT2D eigenvalue weighted by molar-refractivity contribution is -0.766. The van der Waals surface area contributed by atoms with Gasteiger partial charge in [0.1, 0.15) is 36.1 Å². The van der Waals surface area contributed by atoms with Gasteiger partial charge in [-0.15, -0.1) is 0 Å². The molecule has 0 aliphatic carbocycles. The summed E-state index contributed by atoms with van der Waals surface area (Å²) in [6, 6.07) is 22.2. The summed E-state index contributed by atoms with van der Waals surface area (Å²) in [6.45, 7) is 19.6. The van der Waals surface area contributed by atoms with Crippen molar-refractivity contribution in [2.24, 2.45) is 22.3 Å². The Bertz CT molecular complexity index is 2960. The van der Waals surface area contributed by atoms with Crippen LogP contribution < -0.4 is 31.3 Å². The fourth-order valence-corrected chi connectivity index (χ4v) is 13.4. The largest absolute Gasteiger partial charge is 0.550 e. The molecule has 0 spiro atoms. The van der Waals surface area contributed by atoms with E-state index < -0.39 is 105 Å². The van der Waals surface area contributed by atoms with Crippen LogP contribution in [-0.2, 0) is 87.9 Å². The van der Waals surface area contributed by atoms with Gasteiger partial charge in [0, 0.05) is 65.4 Å². The number of ether oxygens (including phenoxy) is 6. The van der Waals surface area contributed by atoms with E-state index in [9.17, 15) is 28.3 Å². The average Bonchev–Trinajstić information content (AvgIpc) is 1.68. The first-order valence-electron chi connectivity index (χ1n) is 27.9. The molecule has 8 rings (SSSR count). The Morgan fingerprint density at radius 2 is 1.13 bits per heavy atom. The highest BCUT2D eigenvalue weighted by molar-refractivity contribution is 8.14. The molecule has 6 N–H and O–H groups in total. The van der Waals surface area contributed by atoms with Gasteiger partial charge < -0.3 is 54.7 Å². The minimum atomic E-state index is -3.84. The predicted octanol–water partition coefficient (Wildman–Crippen LogP) is 6.54. The lowest BCUT2D eigenvalue weighted by Crippen LogP contribution is -2.46. The summed E-state index contributed by atoms with van der Waals surface area (Å²) in [6.07, 6.45) is 4.34. The number of allylic oxidation sites excluding steroid dienone is 1. The summed E-state index contributed by atoms with van der Waals surface area (Å²) in [5, 5.41) is 14.8. The molecule has 5 aliphatic rings. The van der Waals surface area contributed by atoms with Crippen molar-refractivity contribution >= 4 is 67.0 Å². The standard InChI is InChI=1S/C28H40N3O8PS.C28H38N3O8PS.C2H4O2/c2*1-27(2,3)26(33)41-15-14-35-40(34,30-16-19-10-7-6-8-11-19)36-18-21-22-23(39-28(4,5)38-22)25(37-21)31-13-9-12-20(17-31)24(29)32;1-2(3)4/h6-11,13,17,21-23,25H,12,14-16,18H2,1-5H3,(H2,29,32)(H,30,34);6-13,17,21-23,25H,14-16,18H2,1-5H3,(H2-,29,30,32,34);1H3,(H,3,4). The fourth-order valence-electron chi connectivity index (χ4n) is 8.95. The fraction of sp³-hybridized carbons (Fsp3) is 0.552. The van der Waals surface area contributed by atoms with Crippen LogP contribution in [-0.4, -0.2) is 125 Å². The smallest absolute Gasteiger partial charge is 0.405 e. The maximum Gasteiger partial charge on any atom is 0.405 e. The molecule has 0 radical (unpaired) electrons. The van der Waals surface area contributed by atoms with Crippen LogP contribution in [0.15, 0.2) is 109 Å². The van der Waals surface area contributed by atoms with Crippen LogP contribution in [0.1, 0.15) is 110 Å². The van der Waals surface area contributed by atoms with Crippen molar-refractivity contribution in [3.05, 3.63) is 126 Å². The topological polar surface area (TPSA) is 318 Å². The number of carbonyl (C=O) groups is 5. The van der Waals surface area contributed by atoms with Crippen LogP contribution in [0.4, 0.5) is 0 Å². The van der Waals surface area contributed by atoms with Crippen molar-refractivity contribution in [1.29, 1.82) is 0 Å². The number of nitrogens with two attached hydrogens (primary N) is 2. The number of hydrogen-bond acceptors (Lipinski definition) is 21. The number of pyridine rings is 1. The Balaban J connectivity index is 0.000000259. The third kappa shape index (κ3) is 21.2. The molecule has 2 amide bonds. The number of amides is 2. The highest BCUT2D eigenvalue weighted by Gasteiger charge is 2.60. The van der Waals surface area contributed by atoms with E-state index in [1.807, 2.05) is 122 Å². The molecule has 2 aromatic carbocycles. The van der Waals surface area contributed by atoms with Crippen molar-refractivity contribution in [3.63, 3.8) is 0 Å². The highest BCUT2D eigenvalue weighted by Crippen LogP contribution is 2.49. The predicted molar refractivity (Wildman–Crippen MR) is 318 cm³/mol. The minimum absolute atomic E-state index is 0.0180. The van der Waals surface area contributed by atoms with Crippen molar-refractivity contribution in [1.82, 2.24) is 15.1 Å². The molecule has 28 heteroatoms. The molecule has 24 nitrogen and oxygen atoms in total. The van der Waals surface area contributed by atoms with Crippen LogP contribution in [0.25, 0.3) is 0 Å². The van der Waals surface area contributed by atoms with Crippen LogP contribution >= 0.6 is 39.0 Å². The number of benzene rings is 2. The summed E-state index contributed by atoms with van der Waals surface area (Å²) < 4.78 is 89.9. The average molecular weight is 1280 g/mol. The minimum Gasteiger partial charge on any atom is -0.550 e. The number of carbonyl (C=O) groups excluding carboxylic acids is 5. The Hall–Kier alpha value is -4.70. The van der Waals surface area contributed by atoms with Gasteiger partial charge in [0.05, 0.1) is 26.4 Å². The van der Waals surface area contributed by atoms with Gasteiger partial charge in [-0.25, -0.2) is 19.3 Å². The summed E-state index contributed by atoms with van der Waals surface area (Å²) in [5.41, 5.74) is 12.5. The molecule has 10 unspecified atom stereocenters. The lowest BCUT2D eigenvalue weighted by atomic mass is 9.99. The zero-order chi connectivity index (χ0) is 63.3. The number of hydrogen-bond donors (Lipinski definition) is 4. The zero-order valence-corrected chi connectivity index (χ0v) is 53.8. The normalized spacial score (nSPS) is 25.0. The second kappa shape index (κ2) is 30.7. The van der Waals surface area contributed by atoms with Crippen LogP contribution in [0.5, 0.6) is 0 Å². The summed E-state index contributed by atoms with van der Waals surface area (Å²) >= 11 is 2.26. The molecule has 86 heavy (non-hydrogen) atoms. The SMILES string of the molecule is CC(=O)[O-].CC1(C)OC2C(COP(=O)(NCc3ccccc3)OCCSC(=O)C(C)(C)C)OC(N3C=CCC(C(N)=O)=C3)C2O1.CC1(C)OC2C(COP(=O)(NCc3ccccc3)OCCSC(=O)C(C)(C)C)OC([n+]3cccc(C(N)=O)c3)C2O1. The van der Waals surface area contributed by atoms with E-state index in [0.29, 0.717) is 29.1 Å². The maximum absolute atomic E-state index is 13.8. The molecule has 474 valence electrons. The molecule has 10 atom stereocenters. The van der Waals surface area contributed by atoms with Gasteiger partial charge in [0.15, 0.2) is 46.5 Å². The first kappa shape index (κ1) is 70.4. The van der Waals surface area contributed by atoms with E-state index in [4.69, 9.17) is 67.9 Å². The van der Waals surface area contributed by atoms with Crippen molar-refractivity contribution in [2.75, 3.05) is 37.9 Å². The zero-order valence-electron chi connectivity index (χ0n) is 50.4. The van der Waals surface area contributed by atoms with Gasteiger partial charge in [-0.2, -0.15) is 4.57 Å². The third-order valence-electron chi connectivity index (χ3n) is 13.0. The van der Waals surface area contributed by atoms with E-state index in [-0.39, 0.29) is 49.7 Å². The van der Waals surface area contributed by atoms with E-state index in [1.165, 1.54) is 0 Å². The number of fused-ring (bicyclic) bond motifs is 2. The molecule has 6 heterocycles. The molecule has 0 saturated carbocycles. The van der Waals surface area contributed by atoms with Gasteiger partial charge in [0.2, 0.25) is 5.91 Å². The van der Waals surface area contributed by atoms with E-state index in [1.54, 1.807) is 60.2 Å². The van der Waals surface area contributed by atoms with E-state index >= 15 is 0 Å². The monoisotopic (exact) mass is 1280 g/mol. The molecular formula is C58H82N6O18P2S2. The lowest BCUT2D eigenvalue weighted by Gasteiger charge is -2.31. The summed E-state index contributed by atoms with van der Waals surface area (Å²) in [4.78, 5) is 58.7. The number of carboxylic acid groups (broad SMARTS) is 1. The second-order valence-corrected chi connectivity index (χ2v) is 29.2. The summed E-state index contributed by atoms with van der Waals surface area (Å²) in [5.74, 6) is -3.29. The van der Waals surface area contributed by atoms with Crippen LogP contribution in [0.3, 0.4) is 0 Å². The van der Waals surface area contributed by atoms with Crippen LogP contribution in [0.2, 0.25) is 0 Å². The molecule has 3 aromatic rings. The van der Waals surface area contributed by atoms with Gasteiger partial charge >= 0.3 is 15.5 Å². The number of nitrogens with zero attached hydrogens (tertiary/aromatic N) is 2. The van der Waals surface area contributed by atoms with E-state index in [0.717, 1.165) is 41.6 Å². The van der Waals surface area contributed by atoms with Crippen LogP contribution in [0, 0.1) is 10.8 Å². The van der Waals surface area contributed by atoms with E-state index in [2.05, 4.69) is 10.2 Å². The van der Waals surface area contributed by atoms with Crippen molar-refractivity contribution < 1.29 is 89.3 Å². The Morgan fingerprint density at radius 1 is 0.674 bits per heavy atom. The molecular weight excluding hydrogens is 1190 g/mol. The summed E-state index contributed by atoms with van der Waals surface area (Å²) in [7, 11) is -7.67. The van der Waals surface area contributed by atoms with Crippen molar-refractivity contribution in [3.8, 4) is 0 Å². The molecule has 5 aliphatic heterocycles. The number of primary amides is 2. The Kier molecular flexibility index (Phi) is 25.1. The van der Waals surface area contributed by atoms with Gasteiger partial charge in [-0.05, 0) is 58.2 Å². The van der Waals surface area contributed by atoms with Gasteiger partial charge in [0.25, 0.3) is 12.1 Å². The Morgan fingerprint density at radius 3 is 1.59 bits per heavy atom. The number of carboxylic acids is 1. The van der Waals surface area contributed by atoms with Gasteiger partial charge in [-0.1, -0.05) is 132 Å². The Labute approximate surface area is 511 Å². The number of aromatic nitrogens is 1. The van der Waals surface area contributed by atoms with Crippen molar-refractivity contribution in [2.45, 2.75) is 156 Å². The second-order valence-electron chi connectivity index (χ2n) is 23.4. The molecule has 4 fully saturated rings. The number of rotatable bonds is 24. The molecule has 4 saturated heterocycles. The van der Waals surface area contributed by atoms with Gasteiger partial charge in [-0.3, -0.25) is 37.3 Å². The number of thioether (sulfide) groups is 2.